The highest BCUT2D eigenvalue weighted by molar-refractivity contribution is 7.18. The van der Waals surface area contributed by atoms with Crippen LogP contribution in [0, 0.1) is 0 Å². The third-order valence-corrected chi connectivity index (χ3v) is 6.49. The Kier molecular flexibility index (Phi) is 4.34. The maximum atomic E-state index is 12.7. The Morgan fingerprint density at radius 3 is 2.61 bits per heavy atom. The minimum atomic E-state index is 0.00274. The summed E-state index contributed by atoms with van der Waals surface area (Å²) in [6.07, 6.45) is 1.56. The summed E-state index contributed by atoms with van der Waals surface area (Å²) < 4.78 is 0. The number of hydrogen-bond donors (Lipinski definition) is 1. The van der Waals surface area contributed by atoms with Gasteiger partial charge in [-0.15, -0.1) is 11.3 Å². The fourth-order valence-electron chi connectivity index (χ4n) is 3.90. The molecule has 0 bridgehead atoms. The first-order valence-corrected chi connectivity index (χ1v) is 10.4. The van der Waals surface area contributed by atoms with Crippen LogP contribution in [-0.4, -0.2) is 28.5 Å². The van der Waals surface area contributed by atoms with Crippen LogP contribution in [0.3, 0.4) is 0 Å². The molecule has 140 valence electrons. The molecule has 1 aliphatic heterocycles. The van der Waals surface area contributed by atoms with Crippen molar-refractivity contribution in [2.24, 2.45) is 0 Å². The molecule has 3 heterocycles. The average molecular weight is 388 g/mol. The summed E-state index contributed by atoms with van der Waals surface area (Å²) in [7, 11) is 2.12. The summed E-state index contributed by atoms with van der Waals surface area (Å²) in [5.41, 5.74) is 4.74. The summed E-state index contributed by atoms with van der Waals surface area (Å²) >= 11 is 1.67. The molecule has 4 aromatic rings. The van der Waals surface area contributed by atoms with Crippen molar-refractivity contribution < 1.29 is 0 Å². The largest absolute Gasteiger partial charge is 0.310 e. The summed E-state index contributed by atoms with van der Waals surface area (Å²) in [6, 6.07) is 18.8. The molecule has 0 unspecified atom stereocenters. The molecule has 5 heteroatoms. The van der Waals surface area contributed by atoms with Gasteiger partial charge in [0.05, 0.1) is 5.39 Å². The Hall–Kier alpha value is -2.76. The zero-order valence-corrected chi connectivity index (χ0v) is 16.6. The monoisotopic (exact) mass is 387 g/mol. The summed E-state index contributed by atoms with van der Waals surface area (Å²) in [6.45, 7) is 1.90. The number of rotatable bonds is 3. The molecule has 2 aromatic heterocycles. The Morgan fingerprint density at radius 2 is 1.82 bits per heavy atom. The quantitative estimate of drug-likeness (QED) is 0.572. The van der Waals surface area contributed by atoms with Gasteiger partial charge >= 0.3 is 0 Å². The van der Waals surface area contributed by atoms with Gasteiger partial charge in [-0.05, 0) is 35.7 Å². The zero-order valence-electron chi connectivity index (χ0n) is 15.7. The number of benzene rings is 2. The van der Waals surface area contributed by atoms with Crippen LogP contribution in [0.1, 0.15) is 21.8 Å². The first-order valence-electron chi connectivity index (χ1n) is 9.54. The molecule has 5 rings (SSSR count). The molecule has 0 fully saturated rings. The van der Waals surface area contributed by atoms with E-state index in [9.17, 15) is 4.79 Å². The van der Waals surface area contributed by atoms with Crippen molar-refractivity contribution in [3.05, 3.63) is 86.8 Å². The second kappa shape index (κ2) is 7.00. The molecular formula is C23H21N3OS. The van der Waals surface area contributed by atoms with Crippen LogP contribution >= 0.6 is 11.3 Å². The molecule has 4 nitrogen and oxygen atoms in total. The number of hydrogen-bond acceptors (Lipinski definition) is 4. The van der Waals surface area contributed by atoms with Crippen LogP contribution in [0.15, 0.2) is 59.4 Å². The van der Waals surface area contributed by atoms with E-state index in [4.69, 9.17) is 4.98 Å². The molecule has 2 aromatic carbocycles. The van der Waals surface area contributed by atoms with Gasteiger partial charge < -0.3 is 9.88 Å². The SMILES string of the molecule is CN1CCc2c(sc3nc(Cc4ccc(-c5ccccc5)cc4)[nH]c(=O)c23)C1. The third-order valence-electron chi connectivity index (χ3n) is 5.38. The number of nitrogens with one attached hydrogen (secondary N) is 1. The lowest BCUT2D eigenvalue weighted by molar-refractivity contribution is 0.318. The van der Waals surface area contributed by atoms with Gasteiger partial charge in [0.25, 0.3) is 5.56 Å². The van der Waals surface area contributed by atoms with E-state index in [0.29, 0.717) is 6.42 Å². The molecule has 0 aliphatic carbocycles. The van der Waals surface area contributed by atoms with E-state index in [0.717, 1.165) is 41.1 Å². The first-order chi connectivity index (χ1) is 13.7. The fraction of sp³-hybridized carbons (Fsp3) is 0.217. The predicted molar refractivity (Wildman–Crippen MR) is 115 cm³/mol. The summed E-state index contributed by atoms with van der Waals surface area (Å²) in [5, 5.41) is 0.802. The van der Waals surface area contributed by atoms with Gasteiger partial charge in [0.1, 0.15) is 10.7 Å². The number of aromatic nitrogens is 2. The second-order valence-corrected chi connectivity index (χ2v) is 8.51. The van der Waals surface area contributed by atoms with E-state index in [-0.39, 0.29) is 5.56 Å². The maximum absolute atomic E-state index is 12.7. The van der Waals surface area contributed by atoms with Crippen LogP contribution in [0.5, 0.6) is 0 Å². The lowest BCUT2D eigenvalue weighted by Crippen LogP contribution is -2.26. The molecule has 0 atom stereocenters. The number of H-pyrrole nitrogens is 1. The molecule has 28 heavy (non-hydrogen) atoms. The maximum Gasteiger partial charge on any atom is 0.259 e. The van der Waals surface area contributed by atoms with Gasteiger partial charge in [0.2, 0.25) is 0 Å². The molecule has 0 saturated heterocycles. The van der Waals surface area contributed by atoms with Crippen molar-refractivity contribution in [3.8, 4) is 11.1 Å². The molecular weight excluding hydrogens is 366 g/mol. The van der Waals surface area contributed by atoms with Crippen molar-refractivity contribution in [2.45, 2.75) is 19.4 Å². The van der Waals surface area contributed by atoms with E-state index < -0.39 is 0 Å². The van der Waals surface area contributed by atoms with E-state index in [1.54, 1.807) is 11.3 Å². The molecule has 1 N–H and O–H groups in total. The van der Waals surface area contributed by atoms with Gasteiger partial charge in [-0.25, -0.2) is 4.98 Å². The smallest absolute Gasteiger partial charge is 0.259 e. The average Bonchev–Trinajstić information content (AvgIpc) is 3.07. The van der Waals surface area contributed by atoms with Crippen molar-refractivity contribution in [1.82, 2.24) is 14.9 Å². The van der Waals surface area contributed by atoms with E-state index >= 15 is 0 Å². The van der Waals surface area contributed by atoms with Crippen LogP contribution in [-0.2, 0) is 19.4 Å². The normalized spacial score (nSPS) is 14.3. The Bertz CT molecular complexity index is 1190. The van der Waals surface area contributed by atoms with Crippen molar-refractivity contribution >= 4 is 21.6 Å². The number of nitrogens with zero attached hydrogens (tertiary/aromatic N) is 2. The fourth-order valence-corrected chi connectivity index (χ4v) is 5.22. The molecule has 0 amide bonds. The Balaban J connectivity index is 1.45. The van der Waals surface area contributed by atoms with Gasteiger partial charge in [-0.1, -0.05) is 54.6 Å². The summed E-state index contributed by atoms with van der Waals surface area (Å²) in [5.74, 6) is 0.733. The lowest BCUT2D eigenvalue weighted by Gasteiger charge is -2.21. The lowest BCUT2D eigenvalue weighted by atomic mass is 10.0. The van der Waals surface area contributed by atoms with Gasteiger partial charge in [-0.2, -0.15) is 0 Å². The molecule has 0 spiro atoms. The highest BCUT2D eigenvalue weighted by atomic mass is 32.1. The first kappa shape index (κ1) is 17.3. The van der Waals surface area contributed by atoms with E-state index in [1.165, 1.54) is 21.6 Å². The van der Waals surface area contributed by atoms with Crippen molar-refractivity contribution in [2.75, 3.05) is 13.6 Å². The minimum absolute atomic E-state index is 0.00274. The Labute approximate surface area is 167 Å². The predicted octanol–water partition coefficient (Wildman–Crippen LogP) is 4.23. The molecule has 1 aliphatic rings. The topological polar surface area (TPSA) is 49.0 Å². The minimum Gasteiger partial charge on any atom is -0.310 e. The molecule has 0 saturated carbocycles. The standard InChI is InChI=1S/C23H21N3OS/c1-26-12-11-18-19(14-26)28-23-21(18)22(27)24-20(25-23)13-15-7-9-17(10-8-15)16-5-3-2-4-6-16/h2-10H,11-14H2,1H3,(H,24,25,27). The number of fused-ring (bicyclic) bond motifs is 3. The number of thiophene rings is 1. The van der Waals surface area contributed by atoms with Gasteiger partial charge in [-0.3, -0.25) is 4.79 Å². The second-order valence-electron chi connectivity index (χ2n) is 7.42. The van der Waals surface area contributed by atoms with E-state index in [1.807, 2.05) is 18.2 Å². The highest BCUT2D eigenvalue weighted by Gasteiger charge is 2.22. The van der Waals surface area contributed by atoms with Gasteiger partial charge in [0.15, 0.2) is 0 Å². The Morgan fingerprint density at radius 1 is 1.07 bits per heavy atom. The summed E-state index contributed by atoms with van der Waals surface area (Å²) in [4.78, 5) is 25.0. The number of likely N-dealkylation sites (N-methyl/N-ethyl adjacent to an activating group) is 1. The van der Waals surface area contributed by atoms with Crippen LogP contribution < -0.4 is 5.56 Å². The molecule has 0 radical (unpaired) electrons. The third kappa shape index (κ3) is 3.17. The zero-order chi connectivity index (χ0) is 19.1. The highest BCUT2D eigenvalue weighted by Crippen LogP contribution is 2.32. The van der Waals surface area contributed by atoms with Crippen LogP contribution in [0.4, 0.5) is 0 Å². The van der Waals surface area contributed by atoms with Crippen LogP contribution in [0.2, 0.25) is 0 Å². The van der Waals surface area contributed by atoms with E-state index in [2.05, 4.69) is 53.3 Å². The van der Waals surface area contributed by atoms with Crippen molar-refractivity contribution in [3.63, 3.8) is 0 Å². The van der Waals surface area contributed by atoms with Crippen LogP contribution in [0.25, 0.3) is 21.3 Å². The van der Waals surface area contributed by atoms with Gasteiger partial charge in [0, 0.05) is 24.4 Å². The number of aromatic amines is 1. The van der Waals surface area contributed by atoms with Crippen molar-refractivity contribution in [1.29, 1.82) is 0 Å².